The van der Waals surface area contributed by atoms with Gasteiger partial charge in [0.15, 0.2) is 0 Å². The van der Waals surface area contributed by atoms with Gasteiger partial charge in [0.2, 0.25) is 0 Å². The zero-order valence-corrected chi connectivity index (χ0v) is 13.5. The molecule has 0 radical (unpaired) electrons. The molecule has 0 saturated carbocycles. The zero-order valence-electron chi connectivity index (χ0n) is 11.9. The molecule has 0 atom stereocenters. The maximum Gasteiger partial charge on any atom is 0.255 e. The Bertz CT molecular complexity index is 697. The molecule has 1 aliphatic heterocycles. The third-order valence-corrected chi connectivity index (χ3v) is 4.59. The van der Waals surface area contributed by atoms with Gasteiger partial charge in [-0.15, -0.1) is 0 Å². The first-order valence-electron chi connectivity index (χ1n) is 7.08. The molecule has 0 spiro atoms. The summed E-state index contributed by atoms with van der Waals surface area (Å²) in [6.45, 7) is 3.03. The molecular formula is C17H17BrN2O. The fourth-order valence-electron chi connectivity index (χ4n) is 2.49. The van der Waals surface area contributed by atoms with Gasteiger partial charge in [0.1, 0.15) is 0 Å². The molecule has 2 N–H and O–H groups in total. The lowest BCUT2D eigenvalue weighted by Crippen LogP contribution is -2.14. The summed E-state index contributed by atoms with van der Waals surface area (Å²) in [6, 6.07) is 11.7. The van der Waals surface area contributed by atoms with Gasteiger partial charge < -0.3 is 10.6 Å². The van der Waals surface area contributed by atoms with E-state index in [2.05, 4.69) is 32.6 Å². The van der Waals surface area contributed by atoms with Gasteiger partial charge >= 0.3 is 0 Å². The van der Waals surface area contributed by atoms with Gasteiger partial charge in [-0.05, 0) is 61.2 Å². The van der Waals surface area contributed by atoms with Crippen molar-refractivity contribution in [1.82, 2.24) is 0 Å². The van der Waals surface area contributed by atoms with Crippen LogP contribution in [-0.2, 0) is 6.42 Å². The summed E-state index contributed by atoms with van der Waals surface area (Å²) in [7, 11) is 0. The molecule has 0 saturated heterocycles. The normalized spacial score (nSPS) is 13.2. The van der Waals surface area contributed by atoms with Crippen molar-refractivity contribution in [2.24, 2.45) is 0 Å². The predicted octanol–water partition coefficient (Wildman–Crippen LogP) is 4.37. The lowest BCUT2D eigenvalue weighted by Gasteiger charge is -2.18. The second-order valence-electron chi connectivity index (χ2n) is 5.32. The summed E-state index contributed by atoms with van der Waals surface area (Å²) in [5, 5.41) is 6.34. The van der Waals surface area contributed by atoms with Crippen LogP contribution in [0.25, 0.3) is 0 Å². The van der Waals surface area contributed by atoms with Crippen LogP contribution < -0.4 is 10.6 Å². The van der Waals surface area contributed by atoms with E-state index in [0.29, 0.717) is 5.56 Å². The van der Waals surface area contributed by atoms with E-state index in [-0.39, 0.29) is 5.91 Å². The van der Waals surface area contributed by atoms with Gasteiger partial charge in [-0.3, -0.25) is 4.79 Å². The molecule has 0 unspecified atom stereocenters. The van der Waals surface area contributed by atoms with Crippen LogP contribution in [0.4, 0.5) is 11.4 Å². The van der Waals surface area contributed by atoms with E-state index < -0.39 is 0 Å². The first kappa shape index (κ1) is 14.1. The van der Waals surface area contributed by atoms with E-state index in [1.54, 1.807) is 0 Å². The predicted molar refractivity (Wildman–Crippen MR) is 90.1 cm³/mol. The largest absolute Gasteiger partial charge is 0.385 e. The molecule has 4 heteroatoms. The van der Waals surface area contributed by atoms with Crippen molar-refractivity contribution < 1.29 is 4.79 Å². The highest BCUT2D eigenvalue weighted by molar-refractivity contribution is 9.10. The third-order valence-electron chi connectivity index (χ3n) is 3.74. The molecule has 2 aromatic rings. The van der Waals surface area contributed by atoms with Crippen molar-refractivity contribution in [1.29, 1.82) is 0 Å². The maximum atomic E-state index is 12.3. The fraction of sp³-hybridized carbons (Fsp3) is 0.235. The molecule has 2 aromatic carbocycles. The van der Waals surface area contributed by atoms with Gasteiger partial charge in [-0.1, -0.05) is 22.0 Å². The van der Waals surface area contributed by atoms with Crippen molar-refractivity contribution in [3.05, 3.63) is 57.6 Å². The molecule has 21 heavy (non-hydrogen) atoms. The third kappa shape index (κ3) is 3.10. The van der Waals surface area contributed by atoms with Crippen LogP contribution in [0, 0.1) is 6.92 Å². The van der Waals surface area contributed by atoms with Gasteiger partial charge in [0.05, 0.1) is 0 Å². The number of anilines is 2. The lowest BCUT2D eigenvalue weighted by atomic mass is 10.0. The monoisotopic (exact) mass is 344 g/mol. The number of nitrogens with one attached hydrogen (secondary N) is 2. The number of carbonyl (C=O) groups excluding carboxylic acids is 1. The van der Waals surface area contributed by atoms with Crippen molar-refractivity contribution in [3.8, 4) is 0 Å². The minimum Gasteiger partial charge on any atom is -0.385 e. The van der Waals surface area contributed by atoms with Crippen molar-refractivity contribution in [2.75, 3.05) is 17.2 Å². The number of aryl methyl sites for hydroxylation is 2. The average molecular weight is 345 g/mol. The number of hydrogen-bond acceptors (Lipinski definition) is 2. The first-order valence-corrected chi connectivity index (χ1v) is 7.87. The average Bonchev–Trinajstić information content (AvgIpc) is 2.50. The highest BCUT2D eigenvalue weighted by Crippen LogP contribution is 2.25. The van der Waals surface area contributed by atoms with Gasteiger partial charge in [0.25, 0.3) is 5.91 Å². The van der Waals surface area contributed by atoms with Crippen LogP contribution in [-0.4, -0.2) is 12.5 Å². The number of benzene rings is 2. The Morgan fingerprint density at radius 3 is 2.90 bits per heavy atom. The van der Waals surface area contributed by atoms with Crippen LogP contribution in [0.2, 0.25) is 0 Å². The molecule has 3 rings (SSSR count). The smallest absolute Gasteiger partial charge is 0.255 e. The van der Waals surface area contributed by atoms with Gasteiger partial charge in [-0.2, -0.15) is 0 Å². The van der Waals surface area contributed by atoms with Crippen LogP contribution >= 0.6 is 15.9 Å². The van der Waals surface area contributed by atoms with Crippen LogP contribution in [0.15, 0.2) is 40.9 Å². The number of amides is 1. The molecule has 108 valence electrons. The van der Waals surface area contributed by atoms with E-state index in [0.717, 1.165) is 35.1 Å². The number of rotatable bonds is 2. The highest BCUT2D eigenvalue weighted by atomic mass is 79.9. The summed E-state index contributed by atoms with van der Waals surface area (Å²) >= 11 is 3.46. The van der Waals surface area contributed by atoms with Gasteiger partial charge in [0, 0.05) is 28.0 Å². The Labute approximate surface area is 132 Å². The molecule has 3 nitrogen and oxygen atoms in total. The second-order valence-corrected chi connectivity index (χ2v) is 6.17. The Balaban J connectivity index is 1.79. The van der Waals surface area contributed by atoms with Crippen molar-refractivity contribution in [2.45, 2.75) is 19.8 Å². The first-order chi connectivity index (χ1) is 10.1. The molecule has 0 aromatic heterocycles. The molecule has 0 fully saturated rings. The van der Waals surface area contributed by atoms with Crippen molar-refractivity contribution >= 4 is 33.2 Å². The summed E-state index contributed by atoms with van der Waals surface area (Å²) in [5.41, 5.74) is 5.07. The molecule has 0 aliphatic carbocycles. The van der Waals surface area contributed by atoms with E-state index >= 15 is 0 Å². The van der Waals surface area contributed by atoms with E-state index in [1.165, 1.54) is 11.3 Å². The minimum atomic E-state index is -0.0839. The lowest BCUT2D eigenvalue weighted by molar-refractivity contribution is 0.102. The highest BCUT2D eigenvalue weighted by Gasteiger charge is 2.11. The summed E-state index contributed by atoms with van der Waals surface area (Å²) < 4.78 is 0.949. The van der Waals surface area contributed by atoms with Crippen molar-refractivity contribution in [3.63, 3.8) is 0 Å². The second kappa shape index (κ2) is 5.90. The van der Waals surface area contributed by atoms with E-state index in [1.807, 2.05) is 37.3 Å². The molecular weight excluding hydrogens is 328 g/mol. The Morgan fingerprint density at radius 2 is 2.10 bits per heavy atom. The molecule has 1 aliphatic rings. The SMILES string of the molecule is Cc1ccc(C(=O)Nc2ccc3c(c2)CCCN3)cc1Br. The van der Waals surface area contributed by atoms with Crippen LogP contribution in [0.5, 0.6) is 0 Å². The van der Waals surface area contributed by atoms with E-state index in [9.17, 15) is 4.79 Å². The number of halogens is 1. The minimum absolute atomic E-state index is 0.0839. The molecule has 1 heterocycles. The Hall–Kier alpha value is -1.81. The molecule has 1 amide bonds. The number of fused-ring (bicyclic) bond motifs is 1. The number of carbonyl (C=O) groups is 1. The summed E-state index contributed by atoms with van der Waals surface area (Å²) in [4.78, 5) is 12.3. The maximum absolute atomic E-state index is 12.3. The van der Waals surface area contributed by atoms with Gasteiger partial charge in [-0.25, -0.2) is 0 Å². The Morgan fingerprint density at radius 1 is 1.24 bits per heavy atom. The fourth-order valence-corrected chi connectivity index (χ4v) is 2.87. The van der Waals surface area contributed by atoms with E-state index in [4.69, 9.17) is 0 Å². The standard InChI is InChI=1S/C17H17BrN2O/c1-11-4-5-13(10-15(11)18)17(21)20-14-6-7-16-12(9-14)3-2-8-19-16/h4-7,9-10,19H,2-3,8H2,1H3,(H,20,21). The summed E-state index contributed by atoms with van der Waals surface area (Å²) in [5.74, 6) is -0.0839. The zero-order chi connectivity index (χ0) is 14.8. The van der Waals surface area contributed by atoms with Crippen LogP contribution in [0.3, 0.4) is 0 Å². The molecule has 0 bridgehead atoms. The Kier molecular flexibility index (Phi) is 3.97. The summed E-state index contributed by atoms with van der Waals surface area (Å²) in [6.07, 6.45) is 2.19. The topological polar surface area (TPSA) is 41.1 Å². The van der Waals surface area contributed by atoms with Crippen LogP contribution in [0.1, 0.15) is 27.9 Å². The quantitative estimate of drug-likeness (QED) is 0.849. The number of hydrogen-bond donors (Lipinski definition) is 2.